The monoisotopic (exact) mass is 456 g/mol. The Balaban J connectivity index is 1.76. The molecule has 0 fully saturated rings. The van der Waals surface area contributed by atoms with Gasteiger partial charge in [0.2, 0.25) is 5.88 Å². The van der Waals surface area contributed by atoms with Gasteiger partial charge in [0.15, 0.2) is 0 Å². The molecule has 0 radical (unpaired) electrons. The van der Waals surface area contributed by atoms with E-state index in [0.717, 1.165) is 6.08 Å². The van der Waals surface area contributed by atoms with E-state index in [2.05, 4.69) is 10.3 Å². The maximum absolute atomic E-state index is 13.3. The van der Waals surface area contributed by atoms with Crippen molar-refractivity contribution in [3.05, 3.63) is 100 Å². The third-order valence-corrected chi connectivity index (χ3v) is 4.76. The van der Waals surface area contributed by atoms with E-state index in [1.54, 1.807) is 42.5 Å². The lowest BCUT2D eigenvalue weighted by Crippen LogP contribution is -2.20. The van der Waals surface area contributed by atoms with E-state index in [1.165, 1.54) is 42.0 Å². The molecule has 2 aromatic carbocycles. The third-order valence-electron chi connectivity index (χ3n) is 4.76. The molecule has 0 aliphatic heterocycles. The van der Waals surface area contributed by atoms with Crippen molar-refractivity contribution in [3.63, 3.8) is 0 Å². The maximum Gasteiger partial charge on any atom is 0.269 e. The number of benzene rings is 2. The minimum atomic E-state index is -0.724. The van der Waals surface area contributed by atoms with Crippen LogP contribution in [0.3, 0.4) is 0 Å². The number of carbonyl (C=O) groups excluding carboxylic acids is 1. The van der Waals surface area contributed by atoms with Gasteiger partial charge in [0, 0.05) is 11.9 Å². The van der Waals surface area contributed by atoms with E-state index in [4.69, 9.17) is 9.47 Å². The molecule has 0 bridgehead atoms. The van der Waals surface area contributed by atoms with Gasteiger partial charge in [-0.1, -0.05) is 6.07 Å². The third kappa shape index (κ3) is 4.76. The highest BCUT2D eigenvalue weighted by atomic mass is 19.1. The first-order valence-corrected chi connectivity index (χ1v) is 10.0. The van der Waals surface area contributed by atoms with E-state index in [1.807, 2.05) is 6.07 Å². The average molecular weight is 456 g/mol. The van der Waals surface area contributed by atoms with Crippen LogP contribution in [-0.4, -0.2) is 22.4 Å². The highest BCUT2D eigenvalue weighted by molar-refractivity contribution is 6.09. The standard InChI is InChI=1S/C25H17FN4O4/c1-33-19-11-7-18(8-12-19)28-23(31)16(15-27)14-21-24(34-20-9-5-17(26)6-10-20)29-22-4-2-3-13-30(22)25(21)32/h2-14H,1H3,(H,28,31). The number of fused-ring (bicyclic) bond motifs is 1. The Labute approximate surface area is 193 Å². The molecule has 168 valence electrons. The van der Waals surface area contributed by atoms with E-state index in [-0.39, 0.29) is 22.8 Å². The molecule has 2 heterocycles. The number of hydrogen-bond donors (Lipinski definition) is 1. The molecule has 0 unspecified atom stereocenters. The molecule has 0 saturated carbocycles. The Morgan fingerprint density at radius 2 is 1.79 bits per heavy atom. The quantitative estimate of drug-likeness (QED) is 0.345. The van der Waals surface area contributed by atoms with E-state index >= 15 is 0 Å². The second-order valence-corrected chi connectivity index (χ2v) is 6.97. The zero-order valence-corrected chi connectivity index (χ0v) is 17.9. The Morgan fingerprint density at radius 1 is 1.09 bits per heavy atom. The summed E-state index contributed by atoms with van der Waals surface area (Å²) >= 11 is 0. The highest BCUT2D eigenvalue weighted by Gasteiger charge is 2.17. The molecule has 8 nitrogen and oxygen atoms in total. The smallest absolute Gasteiger partial charge is 0.269 e. The summed E-state index contributed by atoms with van der Waals surface area (Å²) < 4.78 is 25.4. The number of ether oxygens (including phenoxy) is 2. The topological polar surface area (TPSA) is 106 Å². The fourth-order valence-electron chi connectivity index (χ4n) is 3.06. The number of nitrogens with zero attached hydrogens (tertiary/aromatic N) is 3. The zero-order valence-electron chi connectivity index (χ0n) is 17.9. The van der Waals surface area contributed by atoms with Crippen molar-refractivity contribution >= 4 is 23.3 Å². The molecule has 1 N–H and O–H groups in total. The molecule has 0 saturated heterocycles. The number of nitrogens with one attached hydrogen (secondary N) is 1. The van der Waals surface area contributed by atoms with Gasteiger partial charge >= 0.3 is 0 Å². The van der Waals surface area contributed by atoms with Crippen LogP contribution in [0.15, 0.2) is 83.3 Å². The number of carbonyl (C=O) groups is 1. The SMILES string of the molecule is COc1ccc(NC(=O)C(C#N)=Cc2c(Oc3ccc(F)cc3)nc3ccccn3c2=O)cc1. The maximum atomic E-state index is 13.3. The number of pyridine rings is 1. The Kier molecular flexibility index (Phi) is 6.32. The number of methoxy groups -OCH3 is 1. The normalized spacial score (nSPS) is 11.0. The van der Waals surface area contributed by atoms with Crippen molar-refractivity contribution in [2.24, 2.45) is 0 Å². The summed E-state index contributed by atoms with van der Waals surface area (Å²) in [6.07, 6.45) is 2.62. The number of nitriles is 1. The number of halogens is 1. The summed E-state index contributed by atoms with van der Waals surface area (Å²) in [7, 11) is 1.52. The fraction of sp³-hybridized carbons (Fsp3) is 0.0400. The minimum absolute atomic E-state index is 0.116. The number of amides is 1. The molecular formula is C25H17FN4O4. The second kappa shape index (κ2) is 9.67. The molecule has 1 amide bonds. The van der Waals surface area contributed by atoms with Crippen molar-refractivity contribution in [2.75, 3.05) is 12.4 Å². The lowest BCUT2D eigenvalue weighted by atomic mass is 10.1. The van der Waals surface area contributed by atoms with Gasteiger partial charge in [0.1, 0.15) is 40.2 Å². The molecule has 0 spiro atoms. The molecular weight excluding hydrogens is 439 g/mol. The predicted molar refractivity (Wildman–Crippen MR) is 123 cm³/mol. The molecule has 9 heteroatoms. The number of rotatable bonds is 6. The van der Waals surface area contributed by atoms with Crippen molar-refractivity contribution in [2.45, 2.75) is 0 Å². The van der Waals surface area contributed by atoms with Gasteiger partial charge in [-0.15, -0.1) is 0 Å². The zero-order chi connectivity index (χ0) is 24.1. The van der Waals surface area contributed by atoms with Crippen LogP contribution in [-0.2, 0) is 4.79 Å². The molecule has 0 aliphatic rings. The molecule has 0 aliphatic carbocycles. The highest BCUT2D eigenvalue weighted by Crippen LogP contribution is 2.24. The van der Waals surface area contributed by atoms with Crippen molar-refractivity contribution in [1.82, 2.24) is 9.38 Å². The van der Waals surface area contributed by atoms with Crippen LogP contribution >= 0.6 is 0 Å². The first-order valence-electron chi connectivity index (χ1n) is 10.0. The van der Waals surface area contributed by atoms with Crippen LogP contribution in [0.25, 0.3) is 11.7 Å². The number of hydrogen-bond acceptors (Lipinski definition) is 6. The van der Waals surface area contributed by atoms with Crippen LogP contribution in [0.4, 0.5) is 10.1 Å². The molecule has 2 aromatic heterocycles. The predicted octanol–water partition coefficient (Wildman–Crippen LogP) is 4.18. The van der Waals surface area contributed by atoms with Crippen LogP contribution in [0.2, 0.25) is 0 Å². The van der Waals surface area contributed by atoms with Gasteiger partial charge in [-0.05, 0) is 66.7 Å². The molecule has 4 aromatic rings. The largest absolute Gasteiger partial charge is 0.497 e. The van der Waals surface area contributed by atoms with Crippen LogP contribution in [0, 0.1) is 17.1 Å². The summed E-state index contributed by atoms with van der Waals surface area (Å²) in [5.74, 6) is -0.483. The van der Waals surface area contributed by atoms with Gasteiger partial charge in [-0.3, -0.25) is 14.0 Å². The van der Waals surface area contributed by atoms with Gasteiger partial charge in [0.25, 0.3) is 11.5 Å². The minimum Gasteiger partial charge on any atom is -0.497 e. The summed E-state index contributed by atoms with van der Waals surface area (Å²) in [6, 6.07) is 18.4. The molecule has 0 atom stereocenters. The van der Waals surface area contributed by atoms with Gasteiger partial charge in [0.05, 0.1) is 7.11 Å². The molecule has 34 heavy (non-hydrogen) atoms. The second-order valence-electron chi connectivity index (χ2n) is 6.97. The summed E-state index contributed by atoms with van der Waals surface area (Å²) in [6.45, 7) is 0. The van der Waals surface area contributed by atoms with E-state index in [0.29, 0.717) is 17.1 Å². The number of anilines is 1. The van der Waals surface area contributed by atoms with Crippen LogP contribution in [0.1, 0.15) is 5.56 Å². The Morgan fingerprint density at radius 3 is 2.47 bits per heavy atom. The summed E-state index contributed by atoms with van der Waals surface area (Å²) in [4.78, 5) is 30.3. The van der Waals surface area contributed by atoms with Crippen LogP contribution < -0.4 is 20.3 Å². The van der Waals surface area contributed by atoms with Gasteiger partial charge in [-0.25, -0.2) is 4.39 Å². The first kappa shape index (κ1) is 22.2. The average Bonchev–Trinajstić information content (AvgIpc) is 2.86. The van der Waals surface area contributed by atoms with Crippen molar-refractivity contribution in [1.29, 1.82) is 5.26 Å². The van der Waals surface area contributed by atoms with Crippen LogP contribution in [0.5, 0.6) is 17.4 Å². The van der Waals surface area contributed by atoms with E-state index < -0.39 is 17.3 Å². The van der Waals surface area contributed by atoms with E-state index in [9.17, 15) is 19.2 Å². The van der Waals surface area contributed by atoms with Gasteiger partial charge < -0.3 is 14.8 Å². The van der Waals surface area contributed by atoms with Gasteiger partial charge in [-0.2, -0.15) is 10.2 Å². The lowest BCUT2D eigenvalue weighted by Gasteiger charge is -2.10. The molecule has 4 rings (SSSR count). The summed E-state index contributed by atoms with van der Waals surface area (Å²) in [5.41, 5.74) is -0.275. The Hall–Kier alpha value is -4.97. The lowest BCUT2D eigenvalue weighted by molar-refractivity contribution is -0.112. The Bertz CT molecular complexity index is 1490. The number of aromatic nitrogens is 2. The fourth-order valence-corrected chi connectivity index (χ4v) is 3.06. The van der Waals surface area contributed by atoms with Crippen molar-refractivity contribution < 1.29 is 18.7 Å². The van der Waals surface area contributed by atoms with Crippen molar-refractivity contribution in [3.8, 4) is 23.4 Å². The summed E-state index contributed by atoms with van der Waals surface area (Å²) in [5, 5.41) is 12.2. The first-order chi connectivity index (χ1) is 16.5.